The molecule has 0 amide bonds. The van der Waals surface area contributed by atoms with Crippen LogP contribution in [-0.2, 0) is 6.42 Å². The van der Waals surface area contributed by atoms with Crippen molar-refractivity contribution in [3.63, 3.8) is 0 Å². The van der Waals surface area contributed by atoms with Crippen LogP contribution in [0, 0.1) is 0 Å². The highest BCUT2D eigenvalue weighted by Gasteiger charge is 2.31. The van der Waals surface area contributed by atoms with Crippen LogP contribution >= 0.6 is 0 Å². The molecule has 2 nitrogen and oxygen atoms in total. The maximum absolute atomic E-state index is 10.0. The summed E-state index contributed by atoms with van der Waals surface area (Å²) in [4.78, 5) is 0. The number of rotatable bonds is 1. The summed E-state index contributed by atoms with van der Waals surface area (Å²) in [5.41, 5.74) is 3.63. The van der Waals surface area contributed by atoms with E-state index in [1.807, 2.05) is 12.1 Å². The third-order valence-corrected chi connectivity index (χ3v) is 3.57. The van der Waals surface area contributed by atoms with Crippen LogP contribution in [0.3, 0.4) is 0 Å². The Hall–Kier alpha value is -1.83. The molecule has 1 aromatic heterocycles. The molecular weight excluding hydrogens is 210 g/mol. The highest BCUT2D eigenvalue weighted by Crippen LogP contribution is 2.33. The lowest BCUT2D eigenvalue weighted by molar-refractivity contribution is -0.910. The van der Waals surface area contributed by atoms with E-state index in [0.29, 0.717) is 5.92 Å². The van der Waals surface area contributed by atoms with Gasteiger partial charge in [0.2, 0.25) is 11.9 Å². The Bertz CT molecular complexity index is 522. The van der Waals surface area contributed by atoms with Gasteiger partial charge >= 0.3 is 0 Å². The van der Waals surface area contributed by atoms with Crippen LogP contribution in [0.1, 0.15) is 35.6 Å². The van der Waals surface area contributed by atoms with E-state index in [2.05, 4.69) is 30.3 Å². The number of benzene rings is 1. The van der Waals surface area contributed by atoms with E-state index >= 15 is 0 Å². The van der Waals surface area contributed by atoms with Gasteiger partial charge in [0.1, 0.15) is 0 Å². The minimum atomic E-state index is 0.325. The Kier molecular flexibility index (Phi) is 2.56. The van der Waals surface area contributed by atoms with Crippen molar-refractivity contribution in [1.29, 1.82) is 0 Å². The fourth-order valence-corrected chi connectivity index (χ4v) is 2.79. The van der Waals surface area contributed by atoms with E-state index in [4.69, 9.17) is 0 Å². The van der Waals surface area contributed by atoms with Gasteiger partial charge in [-0.05, 0) is 30.9 Å². The van der Waals surface area contributed by atoms with Crippen molar-refractivity contribution < 1.29 is 9.94 Å². The van der Waals surface area contributed by atoms with Crippen molar-refractivity contribution in [2.45, 2.75) is 25.2 Å². The molecule has 1 atom stereocenters. The van der Waals surface area contributed by atoms with Crippen molar-refractivity contribution >= 4 is 0 Å². The standard InChI is InChI=1S/C15H16NO/c17-16-11-5-9-13-8-4-10-14(15(13)16)12-6-2-1-3-7-12/h1-3,5-7,9,11,14,17H,4,8,10H2/q+1/t14-/m0/s1. The van der Waals surface area contributed by atoms with Crippen LogP contribution in [0.5, 0.6) is 0 Å². The molecule has 2 heteroatoms. The Morgan fingerprint density at radius 3 is 2.71 bits per heavy atom. The Balaban J connectivity index is 2.11. The number of aryl methyl sites for hydroxylation is 1. The van der Waals surface area contributed by atoms with Crippen LogP contribution in [0.25, 0.3) is 0 Å². The molecule has 1 N–H and O–H groups in total. The number of nitrogens with zero attached hydrogens (tertiary/aromatic N) is 1. The lowest BCUT2D eigenvalue weighted by Gasteiger charge is -2.20. The molecule has 17 heavy (non-hydrogen) atoms. The zero-order valence-electron chi connectivity index (χ0n) is 9.71. The van der Waals surface area contributed by atoms with Gasteiger partial charge in [0.15, 0.2) is 0 Å². The Labute approximate surface area is 101 Å². The van der Waals surface area contributed by atoms with Crippen LogP contribution in [0.4, 0.5) is 0 Å². The molecule has 3 rings (SSSR count). The Morgan fingerprint density at radius 2 is 1.88 bits per heavy atom. The van der Waals surface area contributed by atoms with E-state index in [1.54, 1.807) is 6.20 Å². The van der Waals surface area contributed by atoms with Gasteiger partial charge in [-0.2, -0.15) is 0 Å². The van der Waals surface area contributed by atoms with Gasteiger partial charge in [-0.3, -0.25) is 5.21 Å². The maximum atomic E-state index is 10.0. The molecule has 0 bridgehead atoms. The summed E-state index contributed by atoms with van der Waals surface area (Å²) in [7, 11) is 0. The van der Waals surface area contributed by atoms with E-state index in [1.165, 1.54) is 22.3 Å². The molecule has 0 saturated carbocycles. The van der Waals surface area contributed by atoms with Gasteiger partial charge in [0, 0.05) is 16.4 Å². The fourth-order valence-electron chi connectivity index (χ4n) is 2.79. The van der Waals surface area contributed by atoms with Gasteiger partial charge < -0.3 is 0 Å². The largest absolute Gasteiger partial charge is 0.285 e. The van der Waals surface area contributed by atoms with Crippen LogP contribution in [0.2, 0.25) is 0 Å². The van der Waals surface area contributed by atoms with E-state index < -0.39 is 0 Å². The first-order valence-electron chi connectivity index (χ1n) is 6.14. The molecule has 2 aromatic rings. The fraction of sp³-hybridized carbons (Fsp3) is 0.267. The second-order valence-electron chi connectivity index (χ2n) is 4.62. The lowest BCUT2D eigenvalue weighted by Crippen LogP contribution is -2.39. The van der Waals surface area contributed by atoms with Crippen molar-refractivity contribution in [1.82, 2.24) is 0 Å². The summed E-state index contributed by atoms with van der Waals surface area (Å²) in [6.45, 7) is 0. The van der Waals surface area contributed by atoms with Gasteiger partial charge in [-0.15, -0.1) is 0 Å². The SMILES string of the molecule is O[n+]1cccc2c1[C@H](c1ccccc1)CCC2. The minimum Gasteiger partial charge on any atom is -0.285 e. The Morgan fingerprint density at radius 1 is 1.06 bits per heavy atom. The number of aromatic nitrogens is 1. The van der Waals surface area contributed by atoms with Gasteiger partial charge in [0.05, 0.1) is 5.92 Å². The van der Waals surface area contributed by atoms with Crippen molar-refractivity contribution in [2.24, 2.45) is 0 Å². The number of pyridine rings is 1. The molecule has 0 aliphatic heterocycles. The number of fused-ring (bicyclic) bond motifs is 1. The molecule has 1 aliphatic carbocycles. The molecule has 1 aromatic carbocycles. The summed E-state index contributed by atoms with van der Waals surface area (Å²) in [5, 5.41) is 10.0. The third-order valence-electron chi connectivity index (χ3n) is 3.57. The normalized spacial score (nSPS) is 18.7. The predicted octanol–water partition coefficient (Wildman–Crippen LogP) is 2.68. The lowest BCUT2D eigenvalue weighted by atomic mass is 9.82. The molecule has 0 fully saturated rings. The second kappa shape index (κ2) is 4.21. The molecular formula is C15H16NO+. The van der Waals surface area contributed by atoms with Crippen LogP contribution in [0.15, 0.2) is 48.7 Å². The zero-order chi connectivity index (χ0) is 11.7. The van der Waals surface area contributed by atoms with E-state index in [-0.39, 0.29) is 0 Å². The third kappa shape index (κ3) is 1.80. The van der Waals surface area contributed by atoms with Gasteiger partial charge in [-0.25, -0.2) is 0 Å². The monoisotopic (exact) mass is 226 g/mol. The molecule has 86 valence electrons. The van der Waals surface area contributed by atoms with Crippen LogP contribution < -0.4 is 4.73 Å². The summed E-state index contributed by atoms with van der Waals surface area (Å²) < 4.78 is 1.30. The van der Waals surface area contributed by atoms with E-state index in [0.717, 1.165) is 18.5 Å². The molecule has 0 radical (unpaired) electrons. The molecule has 0 spiro atoms. The average Bonchev–Trinajstić information content (AvgIpc) is 2.39. The summed E-state index contributed by atoms with van der Waals surface area (Å²) >= 11 is 0. The number of hydrogen-bond acceptors (Lipinski definition) is 1. The van der Waals surface area contributed by atoms with Gasteiger partial charge in [0.25, 0.3) is 0 Å². The first-order valence-corrected chi connectivity index (χ1v) is 6.14. The average molecular weight is 226 g/mol. The maximum Gasteiger partial charge on any atom is 0.244 e. The van der Waals surface area contributed by atoms with Crippen molar-refractivity contribution in [3.8, 4) is 0 Å². The highest BCUT2D eigenvalue weighted by molar-refractivity contribution is 5.32. The predicted molar refractivity (Wildman–Crippen MR) is 65.0 cm³/mol. The molecule has 1 heterocycles. The van der Waals surface area contributed by atoms with Crippen molar-refractivity contribution in [2.75, 3.05) is 0 Å². The first-order chi connectivity index (χ1) is 8.36. The van der Waals surface area contributed by atoms with Crippen LogP contribution in [-0.4, -0.2) is 5.21 Å². The quantitative estimate of drug-likeness (QED) is 0.586. The topological polar surface area (TPSA) is 24.1 Å². The first kappa shape index (κ1) is 10.3. The van der Waals surface area contributed by atoms with E-state index in [9.17, 15) is 5.21 Å². The zero-order valence-corrected chi connectivity index (χ0v) is 9.71. The molecule has 0 saturated heterocycles. The second-order valence-corrected chi connectivity index (χ2v) is 4.62. The minimum absolute atomic E-state index is 0.325. The number of hydrogen-bond donors (Lipinski definition) is 1. The summed E-state index contributed by atoms with van der Waals surface area (Å²) in [5.74, 6) is 0.325. The smallest absolute Gasteiger partial charge is 0.244 e. The summed E-state index contributed by atoms with van der Waals surface area (Å²) in [6.07, 6.45) is 5.10. The van der Waals surface area contributed by atoms with Crippen molar-refractivity contribution in [3.05, 3.63) is 65.5 Å². The van der Waals surface area contributed by atoms with Gasteiger partial charge in [-0.1, -0.05) is 30.3 Å². The summed E-state index contributed by atoms with van der Waals surface area (Å²) in [6, 6.07) is 14.5. The highest BCUT2D eigenvalue weighted by atomic mass is 16.5. The molecule has 0 unspecified atom stereocenters. The molecule has 1 aliphatic rings.